The first kappa shape index (κ1) is 11.0. The lowest BCUT2D eigenvalue weighted by molar-refractivity contribution is 0.161. The summed E-state index contributed by atoms with van der Waals surface area (Å²) in [6, 6.07) is 0.332. The molecule has 0 saturated carbocycles. The molecule has 2 N–H and O–H groups in total. The number of nitrogens with zero attached hydrogens (tertiary/aromatic N) is 2. The van der Waals surface area contributed by atoms with E-state index in [4.69, 9.17) is 5.73 Å². The first-order valence-corrected chi connectivity index (χ1v) is 6.42. The molecule has 4 heteroatoms. The highest BCUT2D eigenvalue weighted by Gasteiger charge is 2.23. The molecule has 1 aliphatic rings. The van der Waals surface area contributed by atoms with Crippen LogP contribution in [0.5, 0.6) is 0 Å². The maximum Gasteiger partial charge on any atom is 0.0897 e. The fourth-order valence-corrected chi connectivity index (χ4v) is 2.63. The third kappa shape index (κ3) is 2.77. The van der Waals surface area contributed by atoms with Gasteiger partial charge in [0.05, 0.1) is 10.7 Å². The van der Waals surface area contributed by atoms with Crippen molar-refractivity contribution in [3.63, 3.8) is 0 Å². The summed E-state index contributed by atoms with van der Waals surface area (Å²) >= 11 is 1.73. The molecular weight excluding hydrogens is 206 g/mol. The van der Waals surface area contributed by atoms with E-state index in [1.807, 2.05) is 0 Å². The molecule has 2 heterocycles. The molecule has 1 aliphatic heterocycles. The van der Waals surface area contributed by atoms with E-state index in [-0.39, 0.29) is 0 Å². The van der Waals surface area contributed by atoms with Gasteiger partial charge in [-0.25, -0.2) is 4.98 Å². The SMILES string of the molecule is Cc1nc(CN2CCC(C)C(N)C2)cs1. The number of hydrogen-bond acceptors (Lipinski definition) is 4. The van der Waals surface area contributed by atoms with Gasteiger partial charge in [-0.3, -0.25) is 4.90 Å². The van der Waals surface area contributed by atoms with E-state index in [1.165, 1.54) is 12.1 Å². The normalized spacial score (nSPS) is 28.2. The van der Waals surface area contributed by atoms with Crippen molar-refractivity contribution in [1.82, 2.24) is 9.88 Å². The van der Waals surface area contributed by atoms with Gasteiger partial charge >= 0.3 is 0 Å². The Hall–Kier alpha value is -0.450. The monoisotopic (exact) mass is 225 g/mol. The van der Waals surface area contributed by atoms with Crippen LogP contribution in [0.2, 0.25) is 0 Å². The van der Waals surface area contributed by atoms with Crippen LogP contribution in [0.4, 0.5) is 0 Å². The molecule has 0 spiro atoms. The topological polar surface area (TPSA) is 42.2 Å². The maximum atomic E-state index is 6.07. The van der Waals surface area contributed by atoms with Crippen LogP contribution >= 0.6 is 11.3 Å². The Kier molecular flexibility index (Phi) is 3.38. The second-order valence-electron chi connectivity index (χ2n) is 4.52. The average molecular weight is 225 g/mol. The fourth-order valence-electron chi connectivity index (χ4n) is 2.02. The van der Waals surface area contributed by atoms with E-state index in [2.05, 4.69) is 29.1 Å². The number of rotatable bonds is 2. The molecule has 0 radical (unpaired) electrons. The Balaban J connectivity index is 1.90. The quantitative estimate of drug-likeness (QED) is 0.831. The molecule has 2 rings (SSSR count). The second-order valence-corrected chi connectivity index (χ2v) is 5.59. The molecule has 1 fully saturated rings. The summed E-state index contributed by atoms with van der Waals surface area (Å²) in [7, 11) is 0. The van der Waals surface area contributed by atoms with Gasteiger partial charge in [-0.05, 0) is 25.8 Å². The highest BCUT2D eigenvalue weighted by atomic mass is 32.1. The van der Waals surface area contributed by atoms with Crippen LogP contribution in [0.1, 0.15) is 24.0 Å². The molecule has 1 aromatic rings. The van der Waals surface area contributed by atoms with E-state index in [0.29, 0.717) is 12.0 Å². The van der Waals surface area contributed by atoms with Gasteiger partial charge in [-0.1, -0.05) is 6.92 Å². The predicted octanol–water partition coefficient (Wildman–Crippen LogP) is 1.62. The van der Waals surface area contributed by atoms with Crippen molar-refractivity contribution in [3.05, 3.63) is 16.1 Å². The number of thiazole rings is 1. The van der Waals surface area contributed by atoms with Gasteiger partial charge < -0.3 is 5.73 Å². The molecule has 84 valence electrons. The van der Waals surface area contributed by atoms with Crippen molar-refractivity contribution < 1.29 is 0 Å². The van der Waals surface area contributed by atoms with Gasteiger partial charge in [-0.2, -0.15) is 0 Å². The first-order chi connectivity index (χ1) is 7.15. The summed E-state index contributed by atoms with van der Waals surface area (Å²) in [6.45, 7) is 7.43. The minimum Gasteiger partial charge on any atom is -0.326 e. The molecule has 15 heavy (non-hydrogen) atoms. The molecule has 2 unspecified atom stereocenters. The Morgan fingerprint density at radius 3 is 3.07 bits per heavy atom. The highest BCUT2D eigenvalue weighted by molar-refractivity contribution is 7.09. The van der Waals surface area contributed by atoms with Gasteiger partial charge in [0.15, 0.2) is 0 Å². The number of piperidine rings is 1. The average Bonchev–Trinajstić information content (AvgIpc) is 2.58. The van der Waals surface area contributed by atoms with E-state index < -0.39 is 0 Å². The third-order valence-electron chi connectivity index (χ3n) is 3.15. The maximum absolute atomic E-state index is 6.07. The van der Waals surface area contributed by atoms with Crippen LogP contribution in [-0.4, -0.2) is 29.0 Å². The Morgan fingerprint density at radius 1 is 1.67 bits per heavy atom. The third-order valence-corrected chi connectivity index (χ3v) is 3.98. The number of likely N-dealkylation sites (tertiary alicyclic amines) is 1. The number of aryl methyl sites for hydroxylation is 1. The van der Waals surface area contributed by atoms with Crippen molar-refractivity contribution in [1.29, 1.82) is 0 Å². The first-order valence-electron chi connectivity index (χ1n) is 5.54. The van der Waals surface area contributed by atoms with Crippen LogP contribution in [0, 0.1) is 12.8 Å². The summed E-state index contributed by atoms with van der Waals surface area (Å²) in [5.74, 6) is 0.665. The number of hydrogen-bond donors (Lipinski definition) is 1. The zero-order valence-corrected chi connectivity index (χ0v) is 10.3. The smallest absolute Gasteiger partial charge is 0.0897 e. The molecule has 0 aromatic carbocycles. The molecular formula is C11H19N3S. The minimum atomic E-state index is 0.332. The molecule has 0 bridgehead atoms. The van der Waals surface area contributed by atoms with Gasteiger partial charge in [0.25, 0.3) is 0 Å². The van der Waals surface area contributed by atoms with E-state index >= 15 is 0 Å². The Morgan fingerprint density at radius 2 is 2.47 bits per heavy atom. The van der Waals surface area contributed by atoms with Crippen molar-refractivity contribution in [2.75, 3.05) is 13.1 Å². The van der Waals surface area contributed by atoms with Crippen molar-refractivity contribution in [2.24, 2.45) is 11.7 Å². The van der Waals surface area contributed by atoms with Crippen LogP contribution in [-0.2, 0) is 6.54 Å². The van der Waals surface area contributed by atoms with Crippen LogP contribution in [0.25, 0.3) is 0 Å². The largest absolute Gasteiger partial charge is 0.326 e. The van der Waals surface area contributed by atoms with E-state index in [1.54, 1.807) is 11.3 Å². The lowest BCUT2D eigenvalue weighted by Gasteiger charge is -2.34. The molecule has 2 atom stereocenters. The van der Waals surface area contributed by atoms with Gasteiger partial charge in [-0.15, -0.1) is 11.3 Å². The second kappa shape index (κ2) is 4.60. The molecule has 1 saturated heterocycles. The van der Waals surface area contributed by atoms with Gasteiger partial charge in [0.2, 0.25) is 0 Å². The van der Waals surface area contributed by atoms with Gasteiger partial charge in [0.1, 0.15) is 0 Å². The lowest BCUT2D eigenvalue weighted by atomic mass is 9.94. The summed E-state index contributed by atoms with van der Waals surface area (Å²) < 4.78 is 0. The van der Waals surface area contributed by atoms with Crippen LogP contribution in [0.15, 0.2) is 5.38 Å². The van der Waals surface area contributed by atoms with Crippen molar-refractivity contribution >= 4 is 11.3 Å². The molecule has 3 nitrogen and oxygen atoms in total. The standard InChI is InChI=1S/C11H19N3S/c1-8-3-4-14(6-11(8)12)5-10-7-15-9(2)13-10/h7-8,11H,3-6,12H2,1-2H3. The molecule has 0 aliphatic carbocycles. The Labute approximate surface area is 95.3 Å². The Bertz CT molecular complexity index is 323. The summed E-state index contributed by atoms with van der Waals surface area (Å²) in [4.78, 5) is 6.90. The van der Waals surface area contributed by atoms with Gasteiger partial charge in [0, 0.05) is 24.5 Å². The zero-order valence-electron chi connectivity index (χ0n) is 9.44. The van der Waals surface area contributed by atoms with Crippen LogP contribution in [0.3, 0.4) is 0 Å². The van der Waals surface area contributed by atoms with E-state index in [9.17, 15) is 0 Å². The van der Waals surface area contributed by atoms with Crippen molar-refractivity contribution in [2.45, 2.75) is 32.9 Å². The summed E-state index contributed by atoms with van der Waals surface area (Å²) in [5, 5.41) is 3.30. The molecule has 1 aromatic heterocycles. The van der Waals surface area contributed by atoms with Crippen molar-refractivity contribution in [3.8, 4) is 0 Å². The zero-order chi connectivity index (χ0) is 10.8. The minimum absolute atomic E-state index is 0.332. The molecule has 0 amide bonds. The number of nitrogens with two attached hydrogens (primary N) is 1. The number of aromatic nitrogens is 1. The summed E-state index contributed by atoms with van der Waals surface area (Å²) in [5.41, 5.74) is 7.26. The fraction of sp³-hybridized carbons (Fsp3) is 0.727. The predicted molar refractivity (Wildman–Crippen MR) is 63.9 cm³/mol. The highest BCUT2D eigenvalue weighted by Crippen LogP contribution is 2.18. The van der Waals surface area contributed by atoms with Crippen LogP contribution < -0.4 is 5.73 Å². The lowest BCUT2D eigenvalue weighted by Crippen LogP contribution is -2.47. The summed E-state index contributed by atoms with van der Waals surface area (Å²) in [6.07, 6.45) is 1.21. The van der Waals surface area contributed by atoms with E-state index in [0.717, 1.165) is 24.6 Å².